The van der Waals surface area contributed by atoms with Crippen LogP contribution in [0.1, 0.15) is 38.8 Å². The summed E-state index contributed by atoms with van der Waals surface area (Å²) in [6.45, 7) is 13.5. The van der Waals surface area contributed by atoms with Gasteiger partial charge in [-0.2, -0.15) is 12.1 Å². The topological polar surface area (TPSA) is 0 Å². The number of rotatable bonds is 4. The SMILES string of the molecule is CC(C)Cc1cc2ccccc2[cH-]1.CC(C)Cc1cc2ccccc2[cH-]1.C[SiH]C.[Cl-].[Cl-].[Zr+4]. The molecule has 0 aliphatic heterocycles. The van der Waals surface area contributed by atoms with Crippen molar-refractivity contribution < 1.29 is 51.0 Å². The number of hydrogen-bond donors (Lipinski definition) is 0. The summed E-state index contributed by atoms with van der Waals surface area (Å²) < 4.78 is 0. The van der Waals surface area contributed by atoms with Crippen molar-refractivity contribution in [3.8, 4) is 0 Å². The molecule has 0 N–H and O–H groups in total. The summed E-state index contributed by atoms with van der Waals surface area (Å²) in [5.74, 6) is 1.49. The number of benzene rings is 2. The van der Waals surface area contributed by atoms with Crippen LogP contribution in [0.3, 0.4) is 0 Å². The summed E-state index contributed by atoms with van der Waals surface area (Å²) in [5, 5.41) is 5.49. The Hall–Kier alpha value is -0.660. The molecule has 0 fully saturated rings. The van der Waals surface area contributed by atoms with Crippen LogP contribution in [0.2, 0.25) is 13.1 Å². The molecule has 1 radical (unpaired) electrons. The van der Waals surface area contributed by atoms with Crippen LogP contribution in [0.25, 0.3) is 21.5 Å². The van der Waals surface area contributed by atoms with E-state index in [1.807, 2.05) is 0 Å². The molecule has 4 rings (SSSR count). The molecule has 0 spiro atoms. The van der Waals surface area contributed by atoms with Gasteiger partial charge in [0.15, 0.2) is 0 Å². The van der Waals surface area contributed by atoms with E-state index in [9.17, 15) is 0 Å². The first-order valence-corrected chi connectivity index (χ1v) is 13.3. The Morgan fingerprint density at radius 2 is 0.969 bits per heavy atom. The average Bonchev–Trinajstić information content (AvgIpc) is 3.24. The first-order valence-electron chi connectivity index (χ1n) is 11.0. The van der Waals surface area contributed by atoms with Gasteiger partial charge in [0, 0.05) is 9.52 Å². The van der Waals surface area contributed by atoms with Gasteiger partial charge in [0.05, 0.1) is 0 Å². The minimum absolute atomic E-state index is 0. The van der Waals surface area contributed by atoms with Crippen LogP contribution in [0.4, 0.5) is 0 Å². The molecule has 0 atom stereocenters. The fourth-order valence-electron chi connectivity index (χ4n) is 3.61. The first kappa shape index (κ1) is 33.5. The van der Waals surface area contributed by atoms with Crippen molar-refractivity contribution in [3.63, 3.8) is 0 Å². The van der Waals surface area contributed by atoms with Crippen LogP contribution in [0.15, 0.2) is 72.8 Å². The van der Waals surface area contributed by atoms with E-state index >= 15 is 0 Å². The largest absolute Gasteiger partial charge is 4.00 e. The van der Waals surface area contributed by atoms with Crippen LogP contribution in [0, 0.1) is 11.8 Å². The van der Waals surface area contributed by atoms with E-state index in [1.54, 1.807) is 0 Å². The quantitative estimate of drug-likeness (QED) is 0.264. The summed E-state index contributed by atoms with van der Waals surface area (Å²) in [4.78, 5) is 0. The number of fused-ring (bicyclic) bond motifs is 2. The van der Waals surface area contributed by atoms with Gasteiger partial charge >= 0.3 is 26.2 Å². The predicted octanol–water partition coefficient (Wildman–Crippen LogP) is 2.04. The van der Waals surface area contributed by atoms with Gasteiger partial charge in [-0.25, -0.2) is 0 Å². The Labute approximate surface area is 230 Å². The van der Waals surface area contributed by atoms with Crippen molar-refractivity contribution in [1.29, 1.82) is 0 Å². The minimum atomic E-state index is 0. The molecule has 0 unspecified atom stereocenters. The summed E-state index contributed by atoms with van der Waals surface area (Å²) in [5.41, 5.74) is 2.94. The molecule has 0 saturated heterocycles. The van der Waals surface area contributed by atoms with E-state index in [0.29, 0.717) is 0 Å². The zero-order valence-corrected chi connectivity index (χ0v) is 25.5. The second-order valence-corrected chi connectivity index (χ2v) is 9.91. The van der Waals surface area contributed by atoms with Gasteiger partial charge in [0.2, 0.25) is 0 Å². The summed E-state index contributed by atoms with van der Waals surface area (Å²) in [6.07, 6.45) is 2.38. The molecule has 0 heterocycles. The van der Waals surface area contributed by atoms with Crippen LogP contribution >= 0.6 is 0 Å². The fourth-order valence-corrected chi connectivity index (χ4v) is 3.61. The molecular formula is C28H37Cl2SiZr. The monoisotopic (exact) mass is 561 g/mol. The Morgan fingerprint density at radius 1 is 0.656 bits per heavy atom. The Balaban J connectivity index is 0. The Bertz CT molecular complexity index is 839. The molecule has 4 heteroatoms. The molecule has 0 nitrogen and oxygen atoms in total. The van der Waals surface area contributed by atoms with Gasteiger partial charge in [-0.3, -0.25) is 0 Å². The van der Waals surface area contributed by atoms with Crippen molar-refractivity contribution in [1.82, 2.24) is 0 Å². The van der Waals surface area contributed by atoms with Gasteiger partial charge < -0.3 is 24.8 Å². The van der Waals surface area contributed by atoms with E-state index in [1.165, 1.54) is 45.5 Å². The molecule has 0 aromatic heterocycles. The first-order chi connectivity index (χ1) is 13.9. The predicted molar refractivity (Wildman–Crippen MR) is 135 cm³/mol. The summed E-state index contributed by atoms with van der Waals surface area (Å²) in [7, 11) is 0.750. The third kappa shape index (κ3) is 11.5. The molecule has 4 aromatic carbocycles. The summed E-state index contributed by atoms with van der Waals surface area (Å²) >= 11 is 0. The number of hydrogen-bond acceptors (Lipinski definition) is 0. The van der Waals surface area contributed by atoms with Gasteiger partial charge in [0.1, 0.15) is 0 Å². The van der Waals surface area contributed by atoms with Crippen LogP contribution in [0.5, 0.6) is 0 Å². The van der Waals surface area contributed by atoms with E-state index in [2.05, 4.69) is 114 Å². The van der Waals surface area contributed by atoms with E-state index in [4.69, 9.17) is 0 Å². The Kier molecular flexibility index (Phi) is 18.6. The minimum Gasteiger partial charge on any atom is -1.00 e. The smallest absolute Gasteiger partial charge is 1.00 e. The van der Waals surface area contributed by atoms with Crippen LogP contribution in [-0.4, -0.2) is 9.52 Å². The maximum absolute atomic E-state index is 2.30. The normalized spacial score (nSPS) is 9.75. The van der Waals surface area contributed by atoms with E-state index in [-0.39, 0.29) is 51.0 Å². The molecule has 0 saturated carbocycles. The Morgan fingerprint density at radius 3 is 1.25 bits per heavy atom. The van der Waals surface area contributed by atoms with Crippen LogP contribution in [-0.2, 0) is 39.0 Å². The van der Waals surface area contributed by atoms with Gasteiger partial charge in [-0.1, -0.05) is 52.9 Å². The summed E-state index contributed by atoms with van der Waals surface area (Å²) in [6, 6.07) is 26.3. The standard InChI is InChI=1S/2C13H15.C2H7Si.2ClH.Zr/c2*1-10(2)7-11-8-12-5-3-4-6-13(12)9-11;1-3-2;;;/h2*3-6,8-10H,7H2,1-2H3;3H,1-2H3;2*1H;/q2*-1;;;;+4/p-2. The van der Waals surface area contributed by atoms with Crippen molar-refractivity contribution in [2.45, 2.75) is 53.6 Å². The van der Waals surface area contributed by atoms with Crippen molar-refractivity contribution in [2.24, 2.45) is 11.8 Å². The van der Waals surface area contributed by atoms with Gasteiger partial charge in [0.25, 0.3) is 0 Å². The molecule has 4 aromatic rings. The van der Waals surface area contributed by atoms with Crippen molar-refractivity contribution in [3.05, 3.63) is 83.9 Å². The van der Waals surface area contributed by atoms with E-state index in [0.717, 1.165) is 21.4 Å². The maximum Gasteiger partial charge on any atom is 4.00 e. The molecule has 171 valence electrons. The number of halogens is 2. The zero-order chi connectivity index (χ0) is 21.2. The molecule has 0 bridgehead atoms. The maximum atomic E-state index is 2.30. The van der Waals surface area contributed by atoms with E-state index < -0.39 is 0 Å². The molecule has 0 aliphatic carbocycles. The van der Waals surface area contributed by atoms with Crippen molar-refractivity contribution in [2.75, 3.05) is 0 Å². The second-order valence-electron chi connectivity index (χ2n) is 8.76. The second kappa shape index (κ2) is 17.8. The molecule has 0 amide bonds. The van der Waals surface area contributed by atoms with Gasteiger partial charge in [-0.15, -0.1) is 81.2 Å². The van der Waals surface area contributed by atoms with Gasteiger partial charge in [-0.05, 0) is 24.7 Å². The molecule has 32 heavy (non-hydrogen) atoms. The third-order valence-corrected chi connectivity index (χ3v) is 4.64. The third-order valence-electron chi connectivity index (χ3n) is 4.64. The van der Waals surface area contributed by atoms with Crippen LogP contribution < -0.4 is 24.8 Å². The molecule has 0 aliphatic rings. The fraction of sp³-hybridized carbons (Fsp3) is 0.357. The van der Waals surface area contributed by atoms with Crippen molar-refractivity contribution >= 4 is 31.1 Å². The zero-order valence-electron chi connectivity index (χ0n) is 20.3. The molecular weight excluding hydrogens is 527 g/mol. The average molecular weight is 564 g/mol.